The number of hydrogen-bond acceptors (Lipinski definition) is 6. The van der Waals surface area contributed by atoms with E-state index in [1.165, 1.54) is 19.2 Å². The summed E-state index contributed by atoms with van der Waals surface area (Å²) in [6.07, 6.45) is 0. The van der Waals surface area contributed by atoms with E-state index in [9.17, 15) is 22.0 Å². The van der Waals surface area contributed by atoms with Crippen molar-refractivity contribution in [3.05, 3.63) is 47.5 Å². The van der Waals surface area contributed by atoms with Crippen LogP contribution in [0.1, 0.15) is 45.0 Å². The molecule has 0 radical (unpaired) electrons. The Kier molecular flexibility index (Phi) is 6.65. The van der Waals surface area contributed by atoms with E-state index in [0.717, 1.165) is 10.4 Å². The predicted octanol–water partition coefficient (Wildman–Crippen LogP) is 3.39. The fraction of sp³-hybridized carbons (Fsp3) is 0.375. The number of furan rings is 1. The maximum atomic E-state index is 14.7. The van der Waals surface area contributed by atoms with Gasteiger partial charge < -0.3 is 19.0 Å². The summed E-state index contributed by atoms with van der Waals surface area (Å²) in [6.45, 7) is 9.22. The summed E-state index contributed by atoms with van der Waals surface area (Å²) < 4.78 is 71.9. The molecule has 2 aromatic carbocycles. The minimum absolute atomic E-state index is 0.0110. The molecule has 12 heteroatoms. The molecule has 0 bridgehead atoms. The van der Waals surface area contributed by atoms with Crippen molar-refractivity contribution in [3.8, 4) is 11.3 Å². The molecular formula is C24H27BF2N2O6S. The molecule has 1 aromatic heterocycles. The third-order valence-corrected chi connectivity index (χ3v) is 7.64. The van der Waals surface area contributed by atoms with E-state index in [2.05, 4.69) is 5.32 Å². The number of carbonyl (C=O) groups is 1. The Morgan fingerprint density at radius 2 is 1.72 bits per heavy atom. The van der Waals surface area contributed by atoms with Crippen molar-refractivity contribution in [1.82, 2.24) is 5.32 Å². The van der Waals surface area contributed by atoms with Gasteiger partial charge in [0.1, 0.15) is 17.2 Å². The molecule has 0 aliphatic carbocycles. The number of amides is 1. The zero-order valence-electron chi connectivity index (χ0n) is 20.8. The molecule has 1 fully saturated rings. The van der Waals surface area contributed by atoms with E-state index in [0.29, 0.717) is 16.9 Å². The lowest BCUT2D eigenvalue weighted by atomic mass is 9.77. The number of thiol groups is 1. The Hall–Kier alpha value is -2.96. The SMILES string of the molecule is CCN(c1cc2oc(-c3ccc(F)cc3F)c(C(=O)NC)c2cc1B1OC(C)(C)C(C)(C)O1)[SH](=O)=O. The lowest BCUT2D eigenvalue weighted by Crippen LogP contribution is -2.41. The molecular weight excluding hydrogens is 493 g/mol. The van der Waals surface area contributed by atoms with Crippen molar-refractivity contribution in [2.24, 2.45) is 0 Å². The number of fused-ring (bicyclic) bond motifs is 1. The second-order valence-corrected chi connectivity index (χ2v) is 10.4. The normalized spacial score (nSPS) is 16.6. The maximum absolute atomic E-state index is 14.7. The van der Waals surface area contributed by atoms with Gasteiger partial charge in [-0.1, -0.05) is 0 Å². The van der Waals surface area contributed by atoms with Crippen LogP contribution in [0.2, 0.25) is 0 Å². The number of hydrogen-bond donors (Lipinski definition) is 2. The van der Waals surface area contributed by atoms with Crippen LogP contribution in [0.3, 0.4) is 0 Å². The van der Waals surface area contributed by atoms with Gasteiger partial charge in [-0.3, -0.25) is 9.10 Å². The van der Waals surface area contributed by atoms with E-state index >= 15 is 0 Å². The topological polar surface area (TPSA) is 98.1 Å². The number of nitrogens with zero attached hydrogens (tertiary/aromatic N) is 1. The summed E-state index contributed by atoms with van der Waals surface area (Å²) >= 11 is 0. The number of benzene rings is 2. The Bertz CT molecular complexity index is 1410. The molecule has 8 nitrogen and oxygen atoms in total. The molecule has 2 heterocycles. The van der Waals surface area contributed by atoms with Crippen molar-refractivity contribution in [3.63, 3.8) is 0 Å². The smallest absolute Gasteiger partial charge is 0.455 e. The first-order chi connectivity index (χ1) is 16.8. The van der Waals surface area contributed by atoms with Crippen molar-refractivity contribution in [2.75, 3.05) is 17.9 Å². The average molecular weight is 520 g/mol. The van der Waals surface area contributed by atoms with Crippen LogP contribution < -0.4 is 15.1 Å². The second kappa shape index (κ2) is 9.17. The molecule has 4 rings (SSSR count). The average Bonchev–Trinajstić information content (AvgIpc) is 3.25. The first-order valence-corrected chi connectivity index (χ1v) is 12.5. The molecule has 0 saturated carbocycles. The summed E-state index contributed by atoms with van der Waals surface area (Å²) in [5.74, 6) is -2.38. The molecule has 0 spiro atoms. The van der Waals surface area contributed by atoms with Crippen LogP contribution in [-0.2, 0) is 20.2 Å². The van der Waals surface area contributed by atoms with E-state index in [1.807, 2.05) is 27.7 Å². The lowest BCUT2D eigenvalue weighted by molar-refractivity contribution is 0.00578. The molecule has 1 amide bonds. The second-order valence-electron chi connectivity index (χ2n) is 9.46. The van der Waals surface area contributed by atoms with Crippen molar-refractivity contribution < 1.29 is 35.7 Å². The third kappa shape index (κ3) is 4.27. The third-order valence-electron chi connectivity index (χ3n) is 6.75. The Labute approximate surface area is 209 Å². The standard InChI is InChI=1S/C24H27BF2N2O6S/c1-7-29(36(31)32)18-12-19-15(11-16(18)25-34-23(2,3)24(4,5)35-25)20(22(30)28-6)21(33-19)14-9-8-13(26)10-17(14)27/h8-12,36H,7H2,1-6H3,(H,28,30). The highest BCUT2D eigenvalue weighted by atomic mass is 32.2. The maximum Gasteiger partial charge on any atom is 0.497 e. The first kappa shape index (κ1) is 26.1. The zero-order chi connectivity index (χ0) is 26.6. The van der Waals surface area contributed by atoms with E-state index in [4.69, 9.17) is 13.7 Å². The Morgan fingerprint density at radius 3 is 2.25 bits per heavy atom. The highest BCUT2D eigenvalue weighted by Crippen LogP contribution is 2.40. The first-order valence-electron chi connectivity index (χ1n) is 11.4. The van der Waals surface area contributed by atoms with Gasteiger partial charge in [-0.25, -0.2) is 17.2 Å². The Morgan fingerprint density at radius 1 is 1.08 bits per heavy atom. The lowest BCUT2D eigenvalue weighted by Gasteiger charge is -2.32. The quantitative estimate of drug-likeness (QED) is 0.382. The molecule has 1 saturated heterocycles. The molecule has 0 atom stereocenters. The van der Waals surface area contributed by atoms with E-state index in [1.54, 1.807) is 13.0 Å². The van der Waals surface area contributed by atoms with Crippen LogP contribution in [0.5, 0.6) is 0 Å². The van der Waals surface area contributed by atoms with Crippen LogP contribution in [0.25, 0.3) is 22.3 Å². The fourth-order valence-electron chi connectivity index (χ4n) is 4.12. The van der Waals surface area contributed by atoms with Gasteiger partial charge in [0.15, 0.2) is 5.76 Å². The predicted molar refractivity (Wildman–Crippen MR) is 134 cm³/mol. The number of halogens is 2. The highest BCUT2D eigenvalue weighted by Gasteiger charge is 2.52. The molecule has 1 aliphatic rings. The van der Waals surface area contributed by atoms with Gasteiger partial charge in [-0.15, -0.1) is 0 Å². The number of nitrogens with one attached hydrogen (secondary N) is 1. The summed E-state index contributed by atoms with van der Waals surface area (Å²) in [4.78, 5) is 12.9. The van der Waals surface area contributed by atoms with Crippen LogP contribution in [0, 0.1) is 11.6 Å². The molecule has 192 valence electrons. The van der Waals surface area contributed by atoms with Crippen LogP contribution in [-0.4, -0.2) is 46.2 Å². The largest absolute Gasteiger partial charge is 0.497 e. The van der Waals surface area contributed by atoms with E-state index < -0.39 is 46.8 Å². The number of anilines is 1. The number of carbonyl (C=O) groups excluding carboxylic acids is 1. The van der Waals surface area contributed by atoms with Crippen molar-refractivity contribution in [1.29, 1.82) is 0 Å². The van der Waals surface area contributed by atoms with Gasteiger partial charge in [0.05, 0.1) is 28.0 Å². The zero-order valence-corrected chi connectivity index (χ0v) is 21.7. The molecule has 0 unspecified atom stereocenters. The van der Waals surface area contributed by atoms with Gasteiger partial charge in [0, 0.05) is 36.6 Å². The summed E-state index contributed by atoms with van der Waals surface area (Å²) in [5.41, 5.74) is -0.810. The minimum Gasteiger partial charge on any atom is -0.455 e. The van der Waals surface area contributed by atoms with Gasteiger partial charge in [-0.05, 0) is 52.8 Å². The molecule has 1 aliphatic heterocycles. The fourth-order valence-corrected chi connectivity index (χ4v) is 4.70. The monoisotopic (exact) mass is 520 g/mol. The van der Waals surface area contributed by atoms with E-state index in [-0.39, 0.29) is 34.7 Å². The van der Waals surface area contributed by atoms with Crippen LogP contribution in [0.15, 0.2) is 34.7 Å². The van der Waals surface area contributed by atoms with Crippen molar-refractivity contribution in [2.45, 2.75) is 45.8 Å². The molecule has 36 heavy (non-hydrogen) atoms. The van der Waals surface area contributed by atoms with Crippen molar-refractivity contribution >= 4 is 46.0 Å². The van der Waals surface area contributed by atoms with Crippen LogP contribution in [0.4, 0.5) is 14.5 Å². The van der Waals surface area contributed by atoms with Gasteiger partial charge in [0.25, 0.3) is 5.91 Å². The van der Waals surface area contributed by atoms with Crippen LogP contribution >= 0.6 is 0 Å². The van der Waals surface area contributed by atoms with Gasteiger partial charge in [-0.2, -0.15) is 0 Å². The van der Waals surface area contributed by atoms with Gasteiger partial charge in [0.2, 0.25) is 10.9 Å². The molecule has 3 aromatic rings. The minimum atomic E-state index is -3.04. The van der Waals surface area contributed by atoms with Gasteiger partial charge >= 0.3 is 7.12 Å². The molecule has 1 N–H and O–H groups in total. The summed E-state index contributed by atoms with van der Waals surface area (Å²) in [6, 6.07) is 5.95. The number of rotatable bonds is 6. The highest BCUT2D eigenvalue weighted by molar-refractivity contribution is 7.74. The Balaban J connectivity index is 2.04. The summed E-state index contributed by atoms with van der Waals surface area (Å²) in [5, 5.41) is 2.81. The summed E-state index contributed by atoms with van der Waals surface area (Å²) in [7, 11) is -2.59.